The Kier molecular flexibility index (Phi) is 14.0. The van der Waals surface area contributed by atoms with Crippen LogP contribution in [0.1, 0.15) is 44.2 Å². The first-order chi connectivity index (χ1) is 24.1. The summed E-state index contributed by atoms with van der Waals surface area (Å²) < 4.78 is 0. The standard InChI is InChI=1S/C34H44N8O9/c1-3-17(2)29(33(49)41-26(34(50)51)15-28(37)45)42-32(48)25(13-19-16-38-23-7-5-4-6-21(19)23)40-31(47)24(12-18-8-10-20(43)11-9-18)39-30(46)22(35)14-27(36)44/h4-11,16-17,22,24-26,29,38,43H,3,12-15,35H2,1-2H3,(H2,36,44)(H2,37,45)(H,39,46)(H,40,47)(H,41,49)(H,42,48)(H,50,51)/t17-,22-,24-,25-,26-,29-/m0/s1. The van der Waals surface area contributed by atoms with E-state index in [-0.39, 0.29) is 18.6 Å². The molecule has 0 aliphatic rings. The summed E-state index contributed by atoms with van der Waals surface area (Å²) in [6, 6.07) is 6.06. The fourth-order valence-corrected chi connectivity index (χ4v) is 5.29. The van der Waals surface area contributed by atoms with Crippen LogP contribution < -0.4 is 38.5 Å². The van der Waals surface area contributed by atoms with Crippen LogP contribution in [0.2, 0.25) is 0 Å². The number of primary amides is 2. The number of aromatic nitrogens is 1. The number of phenols is 1. The van der Waals surface area contributed by atoms with E-state index in [0.717, 1.165) is 10.9 Å². The van der Waals surface area contributed by atoms with Crippen LogP contribution in [0.25, 0.3) is 10.9 Å². The van der Waals surface area contributed by atoms with Crippen LogP contribution in [0.4, 0.5) is 0 Å². The molecule has 0 saturated heterocycles. The number of nitrogens with two attached hydrogens (primary N) is 3. The molecule has 13 N–H and O–H groups in total. The van der Waals surface area contributed by atoms with Gasteiger partial charge >= 0.3 is 5.97 Å². The largest absolute Gasteiger partial charge is 0.508 e. The topological polar surface area (TPSA) is 302 Å². The van der Waals surface area contributed by atoms with Crippen molar-refractivity contribution in [2.24, 2.45) is 23.1 Å². The van der Waals surface area contributed by atoms with Gasteiger partial charge in [0.15, 0.2) is 0 Å². The first-order valence-corrected chi connectivity index (χ1v) is 16.2. The van der Waals surface area contributed by atoms with Gasteiger partial charge in [-0.1, -0.05) is 50.6 Å². The normalized spacial score (nSPS) is 14.6. The van der Waals surface area contributed by atoms with Gasteiger partial charge in [0.25, 0.3) is 0 Å². The quantitative estimate of drug-likeness (QED) is 0.0710. The maximum absolute atomic E-state index is 14.1. The molecule has 6 amide bonds. The molecule has 0 aliphatic heterocycles. The van der Waals surface area contributed by atoms with Gasteiger partial charge < -0.3 is 53.7 Å². The molecule has 2 aromatic carbocycles. The molecular formula is C34H44N8O9. The minimum Gasteiger partial charge on any atom is -0.508 e. The summed E-state index contributed by atoms with van der Waals surface area (Å²) >= 11 is 0. The number of amides is 6. The molecular weight excluding hydrogens is 664 g/mol. The Labute approximate surface area is 293 Å². The number of nitrogens with one attached hydrogen (secondary N) is 5. The third-order valence-electron chi connectivity index (χ3n) is 8.31. The summed E-state index contributed by atoms with van der Waals surface area (Å²) in [6.07, 6.45) is 0.659. The molecule has 274 valence electrons. The summed E-state index contributed by atoms with van der Waals surface area (Å²) in [6.45, 7) is 3.40. The smallest absolute Gasteiger partial charge is 0.326 e. The van der Waals surface area contributed by atoms with E-state index in [2.05, 4.69) is 26.3 Å². The van der Waals surface area contributed by atoms with E-state index in [9.17, 15) is 43.8 Å². The molecule has 6 atom stereocenters. The minimum absolute atomic E-state index is 0.0352. The summed E-state index contributed by atoms with van der Waals surface area (Å²) in [5.41, 5.74) is 18.1. The van der Waals surface area contributed by atoms with E-state index in [1.54, 1.807) is 26.1 Å². The summed E-state index contributed by atoms with van der Waals surface area (Å²) in [5.74, 6) is -7.24. The molecule has 0 saturated carbocycles. The maximum atomic E-state index is 14.1. The van der Waals surface area contributed by atoms with Gasteiger partial charge in [-0.05, 0) is 35.2 Å². The molecule has 17 nitrogen and oxygen atoms in total. The predicted molar refractivity (Wildman–Crippen MR) is 184 cm³/mol. The zero-order valence-electron chi connectivity index (χ0n) is 28.2. The Morgan fingerprint density at radius 1 is 0.745 bits per heavy atom. The summed E-state index contributed by atoms with van der Waals surface area (Å²) in [5, 5.41) is 30.1. The van der Waals surface area contributed by atoms with Gasteiger partial charge in [-0.3, -0.25) is 28.8 Å². The number of carboxylic acids is 1. The highest BCUT2D eigenvalue weighted by atomic mass is 16.4. The highest BCUT2D eigenvalue weighted by molar-refractivity contribution is 5.97. The molecule has 0 unspecified atom stereocenters. The fraction of sp³-hybridized carbons (Fsp3) is 0.382. The number of H-pyrrole nitrogens is 1. The highest BCUT2D eigenvalue weighted by Crippen LogP contribution is 2.20. The number of carboxylic acid groups (broad SMARTS) is 1. The highest BCUT2D eigenvalue weighted by Gasteiger charge is 2.34. The third-order valence-corrected chi connectivity index (χ3v) is 8.31. The van der Waals surface area contributed by atoms with E-state index in [0.29, 0.717) is 17.5 Å². The Bertz CT molecular complexity index is 1740. The van der Waals surface area contributed by atoms with Crippen LogP contribution in [0, 0.1) is 5.92 Å². The van der Waals surface area contributed by atoms with Crippen LogP contribution >= 0.6 is 0 Å². The van der Waals surface area contributed by atoms with Crippen LogP contribution in [-0.4, -0.2) is 86.8 Å². The molecule has 0 fully saturated rings. The van der Waals surface area contributed by atoms with Gasteiger partial charge in [0.05, 0.1) is 18.9 Å². The molecule has 0 bridgehead atoms. The van der Waals surface area contributed by atoms with Crippen LogP contribution in [0.5, 0.6) is 5.75 Å². The van der Waals surface area contributed by atoms with Crippen LogP contribution in [-0.2, 0) is 46.4 Å². The number of aliphatic carboxylic acids is 1. The molecule has 1 heterocycles. The monoisotopic (exact) mass is 708 g/mol. The van der Waals surface area contributed by atoms with Crippen LogP contribution in [0.3, 0.4) is 0 Å². The number of rotatable bonds is 19. The Morgan fingerprint density at radius 3 is 1.92 bits per heavy atom. The van der Waals surface area contributed by atoms with E-state index in [1.807, 2.05) is 18.2 Å². The molecule has 0 radical (unpaired) electrons. The number of phenolic OH excluding ortho intramolecular Hbond substituents is 1. The lowest BCUT2D eigenvalue weighted by atomic mass is 9.96. The van der Waals surface area contributed by atoms with Crippen molar-refractivity contribution in [3.8, 4) is 5.75 Å². The van der Waals surface area contributed by atoms with E-state index >= 15 is 0 Å². The number of fused-ring (bicyclic) bond motifs is 1. The van der Waals surface area contributed by atoms with Crippen molar-refractivity contribution >= 4 is 52.3 Å². The molecule has 51 heavy (non-hydrogen) atoms. The molecule has 3 aromatic rings. The number of hydrogen-bond donors (Lipinski definition) is 10. The van der Waals surface area contributed by atoms with Gasteiger partial charge in [0.2, 0.25) is 35.4 Å². The lowest BCUT2D eigenvalue weighted by Crippen LogP contribution is -2.60. The average molecular weight is 709 g/mol. The molecule has 17 heteroatoms. The fourth-order valence-electron chi connectivity index (χ4n) is 5.29. The summed E-state index contributed by atoms with van der Waals surface area (Å²) in [7, 11) is 0. The molecule has 3 rings (SSSR count). The second-order valence-corrected chi connectivity index (χ2v) is 12.3. The molecule has 0 spiro atoms. The zero-order valence-corrected chi connectivity index (χ0v) is 28.2. The van der Waals surface area contributed by atoms with E-state index in [1.165, 1.54) is 24.3 Å². The number of hydrogen-bond acceptors (Lipinski definition) is 9. The van der Waals surface area contributed by atoms with Crippen molar-refractivity contribution in [2.75, 3.05) is 0 Å². The van der Waals surface area contributed by atoms with Crippen molar-refractivity contribution in [1.82, 2.24) is 26.3 Å². The number of carbonyl (C=O) groups excluding carboxylic acids is 6. The second-order valence-electron chi connectivity index (χ2n) is 12.3. The van der Waals surface area contributed by atoms with Gasteiger partial charge in [-0.25, -0.2) is 4.79 Å². The lowest BCUT2D eigenvalue weighted by molar-refractivity contribution is -0.144. The zero-order chi connectivity index (χ0) is 37.8. The van der Waals surface area contributed by atoms with Crippen molar-refractivity contribution in [2.45, 2.75) is 76.2 Å². The van der Waals surface area contributed by atoms with E-state index in [4.69, 9.17) is 17.2 Å². The first-order valence-electron chi connectivity index (χ1n) is 16.2. The van der Waals surface area contributed by atoms with Gasteiger partial charge in [-0.2, -0.15) is 0 Å². The van der Waals surface area contributed by atoms with Crippen molar-refractivity contribution in [1.29, 1.82) is 0 Å². The number of carbonyl (C=O) groups is 7. The van der Waals surface area contributed by atoms with Gasteiger partial charge in [0, 0.05) is 29.9 Å². The number of para-hydroxylation sites is 1. The Hall–Kier alpha value is -5.97. The van der Waals surface area contributed by atoms with Gasteiger partial charge in [0.1, 0.15) is 29.9 Å². The van der Waals surface area contributed by atoms with Crippen molar-refractivity contribution in [3.63, 3.8) is 0 Å². The second kappa shape index (κ2) is 18.1. The van der Waals surface area contributed by atoms with Crippen molar-refractivity contribution < 1.29 is 43.8 Å². The first kappa shape index (κ1) is 39.5. The SMILES string of the molecule is CC[C@H](C)[C@H](NC(=O)[C@H](Cc1c[nH]c2ccccc12)NC(=O)[C@H](Cc1ccc(O)cc1)NC(=O)[C@@H](N)CC(N)=O)C(=O)N[C@@H](CC(N)=O)C(=O)O. The molecule has 0 aliphatic carbocycles. The maximum Gasteiger partial charge on any atom is 0.326 e. The van der Waals surface area contributed by atoms with E-state index < -0.39 is 90.4 Å². The summed E-state index contributed by atoms with van der Waals surface area (Å²) in [4.78, 5) is 92.0. The Balaban J connectivity index is 1.97. The average Bonchev–Trinajstić information content (AvgIpc) is 3.48. The number of aromatic hydroxyl groups is 1. The predicted octanol–water partition coefficient (Wildman–Crippen LogP) is -1.19. The minimum atomic E-state index is -1.65. The molecule has 1 aromatic heterocycles. The number of benzene rings is 2. The number of aromatic amines is 1. The van der Waals surface area contributed by atoms with Crippen molar-refractivity contribution in [3.05, 3.63) is 65.9 Å². The lowest BCUT2D eigenvalue weighted by Gasteiger charge is -2.28. The van der Waals surface area contributed by atoms with Crippen LogP contribution in [0.15, 0.2) is 54.7 Å². The Morgan fingerprint density at radius 2 is 1.31 bits per heavy atom. The van der Waals surface area contributed by atoms with Gasteiger partial charge in [-0.15, -0.1) is 0 Å². The third kappa shape index (κ3) is 11.6.